The molecule has 0 aromatic heterocycles. The third kappa shape index (κ3) is 3.91. The molecule has 0 aromatic carbocycles. The molecule has 1 aliphatic carbocycles. The van der Waals surface area contributed by atoms with Gasteiger partial charge >= 0.3 is 0 Å². The summed E-state index contributed by atoms with van der Waals surface area (Å²) in [5.74, 6) is 0. The Balaban J connectivity index is 2.65. The molecule has 1 N–H and O–H groups in total. The Morgan fingerprint density at radius 2 is 2.19 bits per heavy atom. The van der Waals surface area contributed by atoms with Crippen molar-refractivity contribution in [3.8, 4) is 0 Å². The molecule has 94 valence electrons. The average Bonchev–Trinajstić information content (AvgIpc) is 2.58. The Bertz CT molecular complexity index is 213. The first-order valence-corrected chi connectivity index (χ1v) is 6.72. The van der Waals surface area contributed by atoms with Gasteiger partial charge in [-0.15, -0.1) is 0 Å². The molecule has 0 aliphatic heterocycles. The van der Waals surface area contributed by atoms with E-state index in [-0.39, 0.29) is 0 Å². The Labute approximate surface area is 100 Å². The van der Waals surface area contributed by atoms with Gasteiger partial charge in [0.25, 0.3) is 0 Å². The Hall–Kier alpha value is -0.340. The minimum Gasteiger partial charge on any atom is -0.379 e. The molecule has 16 heavy (non-hydrogen) atoms. The first-order chi connectivity index (χ1) is 7.83. The summed E-state index contributed by atoms with van der Waals surface area (Å²) in [4.78, 5) is 0. The Morgan fingerprint density at radius 1 is 1.38 bits per heavy atom. The molecule has 2 nitrogen and oxygen atoms in total. The van der Waals surface area contributed by atoms with Crippen molar-refractivity contribution in [2.24, 2.45) is 0 Å². The van der Waals surface area contributed by atoms with E-state index in [1.807, 2.05) is 7.11 Å². The number of ether oxygens (including phenoxy) is 1. The fraction of sp³-hybridized carbons (Fsp3) is 0.857. The van der Waals surface area contributed by atoms with Gasteiger partial charge < -0.3 is 10.1 Å². The van der Waals surface area contributed by atoms with Crippen LogP contribution in [0.2, 0.25) is 0 Å². The predicted octanol–water partition coefficient (Wildman–Crippen LogP) is 3.28. The lowest BCUT2D eigenvalue weighted by Crippen LogP contribution is -2.40. The van der Waals surface area contributed by atoms with Gasteiger partial charge in [0.2, 0.25) is 0 Å². The van der Waals surface area contributed by atoms with Crippen LogP contribution >= 0.6 is 0 Å². The summed E-state index contributed by atoms with van der Waals surface area (Å²) < 4.78 is 5.63. The van der Waals surface area contributed by atoms with E-state index in [4.69, 9.17) is 4.74 Å². The monoisotopic (exact) mass is 225 g/mol. The maximum absolute atomic E-state index is 5.63. The highest BCUT2D eigenvalue weighted by Gasteiger charge is 2.22. The van der Waals surface area contributed by atoms with Crippen LogP contribution in [0.25, 0.3) is 0 Å². The minimum absolute atomic E-state index is 0.333. The standard InChI is InChI=1S/C14H27NO/c1-4-9-13(16-3)14(15-2)12-10-7-5-6-8-11-12/h10,13-15H,4-9,11H2,1-3H3. The summed E-state index contributed by atoms with van der Waals surface area (Å²) in [6, 6.07) is 0.419. The molecule has 0 bridgehead atoms. The largest absolute Gasteiger partial charge is 0.379 e. The zero-order chi connectivity index (χ0) is 11.8. The molecule has 0 radical (unpaired) electrons. The van der Waals surface area contributed by atoms with Crippen molar-refractivity contribution in [3.05, 3.63) is 11.6 Å². The molecule has 2 unspecified atom stereocenters. The van der Waals surface area contributed by atoms with E-state index >= 15 is 0 Å². The van der Waals surface area contributed by atoms with Gasteiger partial charge in [-0.1, -0.05) is 31.4 Å². The summed E-state index contributed by atoms with van der Waals surface area (Å²) >= 11 is 0. The van der Waals surface area contributed by atoms with Crippen LogP contribution < -0.4 is 5.32 Å². The number of rotatable bonds is 6. The first kappa shape index (κ1) is 13.7. The fourth-order valence-corrected chi connectivity index (χ4v) is 2.64. The van der Waals surface area contributed by atoms with E-state index in [2.05, 4.69) is 25.4 Å². The van der Waals surface area contributed by atoms with E-state index in [1.165, 1.54) is 38.5 Å². The van der Waals surface area contributed by atoms with Crippen LogP contribution in [-0.4, -0.2) is 26.3 Å². The molecule has 0 amide bonds. The third-order valence-electron chi connectivity index (χ3n) is 3.53. The topological polar surface area (TPSA) is 21.3 Å². The molecule has 2 atom stereocenters. The third-order valence-corrected chi connectivity index (χ3v) is 3.53. The highest BCUT2D eigenvalue weighted by Crippen LogP contribution is 2.23. The van der Waals surface area contributed by atoms with Gasteiger partial charge in [-0.3, -0.25) is 0 Å². The molecule has 0 saturated carbocycles. The van der Waals surface area contributed by atoms with Crippen molar-refractivity contribution in [1.29, 1.82) is 0 Å². The number of likely N-dealkylation sites (N-methyl/N-ethyl adjacent to an activating group) is 1. The predicted molar refractivity (Wildman–Crippen MR) is 69.7 cm³/mol. The molecule has 0 heterocycles. The van der Waals surface area contributed by atoms with Crippen molar-refractivity contribution in [2.75, 3.05) is 14.2 Å². The van der Waals surface area contributed by atoms with Crippen LogP contribution in [-0.2, 0) is 4.74 Å². The van der Waals surface area contributed by atoms with Crippen LogP contribution in [0.15, 0.2) is 11.6 Å². The lowest BCUT2D eigenvalue weighted by atomic mass is 9.95. The highest BCUT2D eigenvalue weighted by molar-refractivity contribution is 5.14. The minimum atomic E-state index is 0.333. The number of allylic oxidation sites excluding steroid dienone is 1. The number of nitrogens with one attached hydrogen (secondary N) is 1. The van der Waals surface area contributed by atoms with E-state index in [1.54, 1.807) is 5.57 Å². The summed E-state index contributed by atoms with van der Waals surface area (Å²) in [6.07, 6.45) is 11.7. The van der Waals surface area contributed by atoms with Gasteiger partial charge in [0, 0.05) is 7.11 Å². The number of methoxy groups -OCH3 is 1. The molecular formula is C14H27NO. The molecule has 0 fully saturated rings. The van der Waals surface area contributed by atoms with Crippen LogP contribution in [0, 0.1) is 0 Å². The van der Waals surface area contributed by atoms with Crippen LogP contribution in [0.5, 0.6) is 0 Å². The van der Waals surface area contributed by atoms with Crippen molar-refractivity contribution < 1.29 is 4.74 Å². The van der Waals surface area contributed by atoms with Crippen molar-refractivity contribution in [1.82, 2.24) is 5.32 Å². The molecule has 1 rings (SSSR count). The van der Waals surface area contributed by atoms with Gasteiger partial charge in [-0.05, 0) is 39.2 Å². The zero-order valence-corrected chi connectivity index (χ0v) is 11.1. The second-order valence-corrected chi connectivity index (χ2v) is 4.71. The number of hydrogen-bond donors (Lipinski definition) is 1. The second-order valence-electron chi connectivity index (χ2n) is 4.71. The average molecular weight is 225 g/mol. The van der Waals surface area contributed by atoms with Crippen molar-refractivity contribution >= 4 is 0 Å². The number of hydrogen-bond acceptors (Lipinski definition) is 2. The highest BCUT2D eigenvalue weighted by atomic mass is 16.5. The molecule has 1 aliphatic rings. The summed E-state index contributed by atoms with van der Waals surface area (Å²) in [6.45, 7) is 2.22. The summed E-state index contributed by atoms with van der Waals surface area (Å²) in [5, 5.41) is 3.44. The van der Waals surface area contributed by atoms with Gasteiger partial charge in [0.05, 0.1) is 12.1 Å². The van der Waals surface area contributed by atoms with E-state index in [0.717, 1.165) is 6.42 Å². The van der Waals surface area contributed by atoms with Crippen LogP contribution in [0.1, 0.15) is 51.9 Å². The van der Waals surface area contributed by atoms with E-state index < -0.39 is 0 Å². The molecule has 2 heteroatoms. The van der Waals surface area contributed by atoms with Gasteiger partial charge in [-0.2, -0.15) is 0 Å². The lowest BCUT2D eigenvalue weighted by molar-refractivity contribution is 0.0724. The Kier molecular flexibility index (Phi) is 6.74. The maximum atomic E-state index is 5.63. The van der Waals surface area contributed by atoms with Crippen LogP contribution in [0.3, 0.4) is 0 Å². The summed E-state index contributed by atoms with van der Waals surface area (Å²) in [7, 11) is 3.89. The quantitative estimate of drug-likeness (QED) is 0.700. The lowest BCUT2D eigenvalue weighted by Gasteiger charge is -2.28. The SMILES string of the molecule is CCCC(OC)C(NC)C1=CCCCCC1. The normalized spacial score (nSPS) is 21.1. The fourth-order valence-electron chi connectivity index (χ4n) is 2.64. The first-order valence-electron chi connectivity index (χ1n) is 6.72. The van der Waals surface area contributed by atoms with E-state index in [9.17, 15) is 0 Å². The van der Waals surface area contributed by atoms with Gasteiger partial charge in [0.15, 0.2) is 0 Å². The molecule has 0 spiro atoms. The van der Waals surface area contributed by atoms with Crippen molar-refractivity contribution in [2.45, 2.75) is 64.0 Å². The van der Waals surface area contributed by atoms with Gasteiger partial charge in [-0.25, -0.2) is 0 Å². The molecule has 0 aromatic rings. The molecular weight excluding hydrogens is 198 g/mol. The Morgan fingerprint density at radius 3 is 2.81 bits per heavy atom. The second kappa shape index (κ2) is 7.86. The van der Waals surface area contributed by atoms with Crippen molar-refractivity contribution in [3.63, 3.8) is 0 Å². The van der Waals surface area contributed by atoms with Gasteiger partial charge in [0.1, 0.15) is 0 Å². The zero-order valence-electron chi connectivity index (χ0n) is 11.1. The van der Waals surface area contributed by atoms with Crippen LogP contribution in [0.4, 0.5) is 0 Å². The smallest absolute Gasteiger partial charge is 0.0762 e. The maximum Gasteiger partial charge on any atom is 0.0762 e. The summed E-state index contributed by atoms with van der Waals surface area (Å²) in [5.41, 5.74) is 1.57. The molecule has 0 saturated heterocycles. The van der Waals surface area contributed by atoms with E-state index in [0.29, 0.717) is 12.1 Å².